The fraction of sp³-hybridized carbons (Fsp3) is 0.647. The van der Waals surface area contributed by atoms with Crippen molar-refractivity contribution in [2.24, 2.45) is 5.73 Å². The summed E-state index contributed by atoms with van der Waals surface area (Å²) >= 11 is 0. The van der Waals surface area contributed by atoms with Crippen LogP contribution in [0.15, 0.2) is 30.3 Å². The molecule has 0 saturated carbocycles. The highest BCUT2D eigenvalue weighted by Gasteiger charge is 2.43. The number of ether oxygens (including phenoxy) is 2. The zero-order valence-electron chi connectivity index (χ0n) is 14.5. The first-order chi connectivity index (χ1) is 12.1. The quantitative estimate of drug-likeness (QED) is 0.760. The van der Waals surface area contributed by atoms with E-state index in [0.717, 1.165) is 5.56 Å². The molecule has 140 valence electrons. The summed E-state index contributed by atoms with van der Waals surface area (Å²) in [5.41, 5.74) is 6.77. The molecule has 0 bridgehead atoms. The minimum Gasteiger partial charge on any atom is -0.347 e. The second-order valence-electron chi connectivity index (χ2n) is 6.44. The molecule has 3 rings (SSSR count). The van der Waals surface area contributed by atoms with Crippen LogP contribution in [0.5, 0.6) is 0 Å². The van der Waals surface area contributed by atoms with Crippen LogP contribution in [0, 0.1) is 0 Å². The molecule has 0 atom stereocenters. The van der Waals surface area contributed by atoms with Gasteiger partial charge in [0.15, 0.2) is 5.79 Å². The molecule has 2 fully saturated rings. The lowest BCUT2D eigenvalue weighted by Crippen LogP contribution is -2.52. The highest BCUT2D eigenvalue weighted by Crippen LogP contribution is 2.32. The Kier molecular flexibility index (Phi) is 6.08. The molecule has 0 aromatic heterocycles. The molecule has 8 heteroatoms. The van der Waals surface area contributed by atoms with Gasteiger partial charge in [-0.15, -0.1) is 0 Å². The van der Waals surface area contributed by atoms with Gasteiger partial charge in [-0.2, -0.15) is 17.0 Å². The van der Waals surface area contributed by atoms with Gasteiger partial charge in [0.25, 0.3) is 10.2 Å². The molecule has 2 aliphatic heterocycles. The average molecular weight is 369 g/mol. The zero-order valence-corrected chi connectivity index (χ0v) is 15.3. The Balaban J connectivity index is 1.63. The minimum absolute atomic E-state index is 0.304. The van der Waals surface area contributed by atoms with E-state index in [2.05, 4.69) is 0 Å². The van der Waals surface area contributed by atoms with E-state index in [1.807, 2.05) is 30.3 Å². The molecular weight excluding hydrogens is 342 g/mol. The van der Waals surface area contributed by atoms with E-state index < -0.39 is 16.0 Å². The van der Waals surface area contributed by atoms with Crippen molar-refractivity contribution >= 4 is 10.2 Å². The maximum Gasteiger partial charge on any atom is 0.282 e. The summed E-state index contributed by atoms with van der Waals surface area (Å²) in [5, 5.41) is 0. The smallest absolute Gasteiger partial charge is 0.282 e. The van der Waals surface area contributed by atoms with Crippen molar-refractivity contribution in [2.45, 2.75) is 25.0 Å². The van der Waals surface area contributed by atoms with Crippen molar-refractivity contribution in [1.82, 2.24) is 8.61 Å². The number of nitrogens with zero attached hydrogens (tertiary/aromatic N) is 2. The van der Waals surface area contributed by atoms with E-state index in [0.29, 0.717) is 65.2 Å². The Morgan fingerprint density at radius 2 is 1.72 bits per heavy atom. The summed E-state index contributed by atoms with van der Waals surface area (Å²) in [6.07, 6.45) is 1.81. The molecule has 1 aromatic carbocycles. The predicted octanol–water partition coefficient (Wildman–Crippen LogP) is 0.574. The molecule has 25 heavy (non-hydrogen) atoms. The monoisotopic (exact) mass is 369 g/mol. The standard InChI is InChI=1S/C17H27N3O4S/c18-9-13-19(10-6-16-4-2-1-3-5-16)25(21,22)20-11-7-17(8-12-20)23-14-15-24-17/h1-5H,6-15,18H2. The average Bonchev–Trinajstić information content (AvgIpc) is 3.07. The minimum atomic E-state index is -3.53. The highest BCUT2D eigenvalue weighted by molar-refractivity contribution is 7.86. The van der Waals surface area contributed by atoms with Crippen molar-refractivity contribution in [1.29, 1.82) is 0 Å². The Bertz CT molecular complexity index is 637. The topological polar surface area (TPSA) is 85.1 Å². The second-order valence-corrected chi connectivity index (χ2v) is 8.37. The summed E-state index contributed by atoms with van der Waals surface area (Å²) in [6.45, 7) is 3.05. The molecule has 2 saturated heterocycles. The van der Waals surface area contributed by atoms with Crippen LogP contribution in [-0.2, 0) is 26.1 Å². The maximum atomic E-state index is 13.0. The van der Waals surface area contributed by atoms with Gasteiger partial charge in [-0.1, -0.05) is 30.3 Å². The third-order valence-electron chi connectivity index (χ3n) is 4.82. The number of benzene rings is 1. The van der Waals surface area contributed by atoms with Crippen molar-refractivity contribution in [2.75, 3.05) is 45.9 Å². The van der Waals surface area contributed by atoms with E-state index in [1.54, 1.807) is 0 Å². The van der Waals surface area contributed by atoms with Gasteiger partial charge in [-0.25, -0.2) is 0 Å². The molecule has 2 heterocycles. The molecular formula is C17H27N3O4S. The summed E-state index contributed by atoms with van der Waals surface area (Å²) in [6, 6.07) is 9.89. The zero-order chi connectivity index (χ0) is 17.8. The summed E-state index contributed by atoms with van der Waals surface area (Å²) < 4.78 is 40.4. The third kappa shape index (κ3) is 4.39. The fourth-order valence-corrected chi connectivity index (χ4v) is 5.02. The van der Waals surface area contributed by atoms with Gasteiger partial charge in [-0.3, -0.25) is 0 Å². The van der Waals surface area contributed by atoms with Crippen LogP contribution >= 0.6 is 0 Å². The van der Waals surface area contributed by atoms with Crippen molar-refractivity contribution in [3.05, 3.63) is 35.9 Å². The lowest BCUT2D eigenvalue weighted by atomic mass is 10.1. The van der Waals surface area contributed by atoms with Crippen LogP contribution in [-0.4, -0.2) is 68.8 Å². The van der Waals surface area contributed by atoms with Crippen LogP contribution in [0.1, 0.15) is 18.4 Å². The Morgan fingerprint density at radius 3 is 2.32 bits per heavy atom. The predicted molar refractivity (Wildman–Crippen MR) is 95.1 cm³/mol. The number of hydrogen-bond donors (Lipinski definition) is 1. The lowest BCUT2D eigenvalue weighted by Gasteiger charge is -2.38. The largest absolute Gasteiger partial charge is 0.347 e. The number of piperidine rings is 1. The van der Waals surface area contributed by atoms with Gasteiger partial charge in [0.2, 0.25) is 0 Å². The molecule has 0 unspecified atom stereocenters. The van der Waals surface area contributed by atoms with Crippen molar-refractivity contribution in [3.63, 3.8) is 0 Å². The van der Waals surface area contributed by atoms with E-state index in [-0.39, 0.29) is 0 Å². The van der Waals surface area contributed by atoms with Crippen LogP contribution < -0.4 is 5.73 Å². The van der Waals surface area contributed by atoms with Gasteiger partial charge >= 0.3 is 0 Å². The van der Waals surface area contributed by atoms with Gasteiger partial charge in [0.05, 0.1) is 13.2 Å². The van der Waals surface area contributed by atoms with Crippen LogP contribution in [0.25, 0.3) is 0 Å². The van der Waals surface area contributed by atoms with Gasteiger partial charge in [0, 0.05) is 45.6 Å². The Morgan fingerprint density at radius 1 is 1.08 bits per heavy atom. The number of rotatable bonds is 7. The molecule has 2 aliphatic rings. The second kappa shape index (κ2) is 8.11. The van der Waals surface area contributed by atoms with Gasteiger partial charge in [-0.05, 0) is 12.0 Å². The van der Waals surface area contributed by atoms with E-state index in [1.165, 1.54) is 8.61 Å². The third-order valence-corrected chi connectivity index (χ3v) is 6.86. The first kappa shape index (κ1) is 18.8. The van der Waals surface area contributed by atoms with Crippen LogP contribution in [0.3, 0.4) is 0 Å². The summed E-state index contributed by atoms with van der Waals surface area (Å²) in [5.74, 6) is -0.575. The van der Waals surface area contributed by atoms with E-state index in [4.69, 9.17) is 15.2 Å². The Labute approximate surface area is 149 Å². The molecule has 1 spiro atoms. The van der Waals surface area contributed by atoms with Crippen LogP contribution in [0.4, 0.5) is 0 Å². The molecule has 2 N–H and O–H groups in total. The first-order valence-corrected chi connectivity index (χ1v) is 10.2. The van der Waals surface area contributed by atoms with Crippen LogP contribution in [0.2, 0.25) is 0 Å². The Hall–Kier alpha value is -1.03. The SMILES string of the molecule is NCCN(CCc1ccccc1)S(=O)(=O)N1CCC2(CC1)OCCO2. The molecule has 0 radical (unpaired) electrons. The van der Waals surface area contributed by atoms with Crippen molar-refractivity contribution < 1.29 is 17.9 Å². The normalized spacial score (nSPS) is 21.2. The number of nitrogens with two attached hydrogens (primary N) is 1. The molecule has 7 nitrogen and oxygen atoms in total. The fourth-order valence-electron chi connectivity index (χ4n) is 3.39. The lowest BCUT2D eigenvalue weighted by molar-refractivity contribution is -0.179. The summed E-state index contributed by atoms with van der Waals surface area (Å²) in [4.78, 5) is 0. The molecule has 1 aromatic rings. The number of hydrogen-bond acceptors (Lipinski definition) is 5. The summed E-state index contributed by atoms with van der Waals surface area (Å²) in [7, 11) is -3.53. The van der Waals surface area contributed by atoms with Gasteiger partial charge < -0.3 is 15.2 Å². The molecule has 0 aliphatic carbocycles. The molecule has 0 amide bonds. The van der Waals surface area contributed by atoms with E-state index in [9.17, 15) is 8.42 Å². The maximum absolute atomic E-state index is 13.0. The van der Waals surface area contributed by atoms with Gasteiger partial charge in [0.1, 0.15) is 0 Å². The highest BCUT2D eigenvalue weighted by atomic mass is 32.2. The van der Waals surface area contributed by atoms with E-state index >= 15 is 0 Å². The van der Waals surface area contributed by atoms with Crippen molar-refractivity contribution in [3.8, 4) is 0 Å². The first-order valence-electron chi connectivity index (χ1n) is 8.83.